The van der Waals surface area contributed by atoms with Gasteiger partial charge in [0.05, 0.1) is 20.7 Å². The maximum Gasteiger partial charge on any atom is 0.416 e. The van der Waals surface area contributed by atoms with Crippen molar-refractivity contribution < 1.29 is 26.4 Å². The summed E-state index contributed by atoms with van der Waals surface area (Å²) in [6, 6.07) is 9.03. The zero-order valence-electron chi connectivity index (χ0n) is 14.3. The Labute approximate surface area is 162 Å². The van der Waals surface area contributed by atoms with E-state index < -0.39 is 27.5 Å². The van der Waals surface area contributed by atoms with E-state index in [1.165, 1.54) is 36.4 Å². The van der Waals surface area contributed by atoms with E-state index in [4.69, 9.17) is 0 Å². The van der Waals surface area contributed by atoms with Crippen molar-refractivity contribution in [3.8, 4) is 0 Å². The third kappa shape index (κ3) is 4.76. The van der Waals surface area contributed by atoms with E-state index in [0.29, 0.717) is 10.2 Å². The predicted molar refractivity (Wildman–Crippen MR) is 102 cm³/mol. The number of aromatic nitrogens is 1. The Bertz CT molecular complexity index is 1180. The highest BCUT2D eigenvalue weighted by Gasteiger charge is 2.30. The highest BCUT2D eigenvalue weighted by molar-refractivity contribution is 7.90. The first-order valence-electron chi connectivity index (χ1n) is 7.79. The third-order valence-corrected chi connectivity index (χ3v) is 5.70. The maximum absolute atomic E-state index is 12.7. The van der Waals surface area contributed by atoms with Crippen LogP contribution >= 0.6 is 11.3 Å². The molecule has 0 spiro atoms. The number of sulfone groups is 1. The van der Waals surface area contributed by atoms with E-state index in [1.54, 1.807) is 0 Å². The molecule has 1 N–H and O–H groups in total. The highest BCUT2D eigenvalue weighted by Crippen LogP contribution is 2.30. The van der Waals surface area contributed by atoms with Crippen LogP contribution in [0.5, 0.6) is 0 Å². The number of carbonyl (C=O) groups is 1. The second-order valence-corrected chi connectivity index (χ2v) is 8.91. The van der Waals surface area contributed by atoms with Crippen LogP contribution in [-0.2, 0) is 20.8 Å². The molecule has 5 nitrogen and oxygen atoms in total. The average Bonchev–Trinajstić information content (AvgIpc) is 3.00. The summed E-state index contributed by atoms with van der Waals surface area (Å²) < 4.78 is 61.9. The van der Waals surface area contributed by atoms with Gasteiger partial charge in [-0.25, -0.2) is 13.4 Å². The van der Waals surface area contributed by atoms with Crippen LogP contribution in [-0.4, -0.2) is 25.6 Å². The number of fused-ring (bicyclic) bond motifs is 1. The normalized spacial score (nSPS) is 12.6. The lowest BCUT2D eigenvalue weighted by atomic mass is 10.1. The molecular formula is C18H13F3N2O3S2. The highest BCUT2D eigenvalue weighted by atomic mass is 32.2. The molecule has 3 aromatic rings. The van der Waals surface area contributed by atoms with Gasteiger partial charge in [-0.15, -0.1) is 0 Å². The molecule has 10 heteroatoms. The van der Waals surface area contributed by atoms with Crippen LogP contribution in [0.4, 0.5) is 18.3 Å². The van der Waals surface area contributed by atoms with Gasteiger partial charge in [0, 0.05) is 12.3 Å². The van der Waals surface area contributed by atoms with Crippen molar-refractivity contribution in [1.29, 1.82) is 0 Å². The number of benzene rings is 2. The van der Waals surface area contributed by atoms with Crippen molar-refractivity contribution in [3.05, 3.63) is 59.7 Å². The topological polar surface area (TPSA) is 76.1 Å². The Hall–Kier alpha value is -2.72. The van der Waals surface area contributed by atoms with Crippen LogP contribution < -0.4 is 5.32 Å². The van der Waals surface area contributed by atoms with E-state index in [9.17, 15) is 26.4 Å². The average molecular weight is 426 g/mol. The summed E-state index contributed by atoms with van der Waals surface area (Å²) in [6.07, 6.45) is -1.00. The summed E-state index contributed by atoms with van der Waals surface area (Å²) >= 11 is 1.09. The van der Waals surface area contributed by atoms with E-state index in [0.717, 1.165) is 35.8 Å². The summed E-state index contributed by atoms with van der Waals surface area (Å²) in [6.45, 7) is 0. The number of hydrogen-bond acceptors (Lipinski definition) is 5. The molecule has 0 atom stereocenters. The Morgan fingerprint density at radius 1 is 1.18 bits per heavy atom. The van der Waals surface area contributed by atoms with E-state index in [2.05, 4.69) is 10.3 Å². The maximum atomic E-state index is 12.7. The predicted octanol–water partition coefficient (Wildman–Crippen LogP) is 4.37. The summed E-state index contributed by atoms with van der Waals surface area (Å²) in [5.74, 6) is -0.570. The lowest BCUT2D eigenvalue weighted by Crippen LogP contribution is -2.07. The Morgan fingerprint density at radius 2 is 1.93 bits per heavy atom. The van der Waals surface area contributed by atoms with Gasteiger partial charge in [-0.2, -0.15) is 13.2 Å². The molecular weight excluding hydrogens is 413 g/mol. The fraction of sp³-hybridized carbons (Fsp3) is 0.111. The number of nitrogens with zero attached hydrogens (tertiary/aromatic N) is 1. The number of anilines is 1. The van der Waals surface area contributed by atoms with Crippen LogP contribution in [0.15, 0.2) is 53.4 Å². The smallest absolute Gasteiger partial charge is 0.298 e. The third-order valence-electron chi connectivity index (χ3n) is 3.66. The van der Waals surface area contributed by atoms with Crippen LogP contribution in [0.1, 0.15) is 11.1 Å². The van der Waals surface area contributed by atoms with Crippen molar-refractivity contribution in [2.45, 2.75) is 11.1 Å². The number of rotatable bonds is 4. The Balaban J connectivity index is 1.75. The zero-order chi connectivity index (χ0) is 20.5. The standard InChI is InChI=1S/C18H13F3N2O3S2/c1-28(25,26)13-6-7-14-15(10-13)27-17(22-14)23-16(24)8-5-11-3-2-4-12(9-11)18(19,20)21/h2-10H,1H3,(H,22,23,24)/b8-5+. The minimum Gasteiger partial charge on any atom is -0.298 e. The van der Waals surface area contributed by atoms with Crippen molar-refractivity contribution >= 4 is 48.5 Å². The SMILES string of the molecule is CS(=O)(=O)c1ccc2nc(NC(=O)/C=C/c3cccc(C(F)(F)F)c3)sc2c1. The second kappa shape index (κ2) is 7.36. The summed E-state index contributed by atoms with van der Waals surface area (Å²) in [7, 11) is -3.36. The molecule has 0 unspecified atom stereocenters. The van der Waals surface area contributed by atoms with E-state index >= 15 is 0 Å². The minimum absolute atomic E-state index is 0.144. The number of halogens is 3. The van der Waals surface area contributed by atoms with Crippen molar-refractivity contribution in [1.82, 2.24) is 4.98 Å². The van der Waals surface area contributed by atoms with Gasteiger partial charge in [-0.3, -0.25) is 10.1 Å². The van der Waals surface area contributed by atoms with Gasteiger partial charge < -0.3 is 0 Å². The summed E-state index contributed by atoms with van der Waals surface area (Å²) in [4.78, 5) is 16.4. The van der Waals surface area contributed by atoms with Crippen molar-refractivity contribution in [3.63, 3.8) is 0 Å². The van der Waals surface area contributed by atoms with Crippen LogP contribution in [0.2, 0.25) is 0 Å². The van der Waals surface area contributed by atoms with E-state index in [1.807, 2.05) is 0 Å². The molecule has 3 rings (SSSR count). The van der Waals surface area contributed by atoms with Gasteiger partial charge in [0.1, 0.15) is 0 Å². The van der Waals surface area contributed by atoms with Gasteiger partial charge >= 0.3 is 6.18 Å². The molecule has 1 heterocycles. The molecule has 0 saturated carbocycles. The first kappa shape index (κ1) is 20.0. The molecule has 1 amide bonds. The van der Waals surface area contributed by atoms with E-state index in [-0.39, 0.29) is 15.6 Å². The van der Waals surface area contributed by atoms with Gasteiger partial charge in [0.25, 0.3) is 0 Å². The van der Waals surface area contributed by atoms with Crippen LogP contribution in [0.25, 0.3) is 16.3 Å². The second-order valence-electron chi connectivity index (χ2n) is 5.87. The lowest BCUT2D eigenvalue weighted by Gasteiger charge is -2.06. The molecule has 146 valence electrons. The molecule has 0 fully saturated rings. The quantitative estimate of drug-likeness (QED) is 0.629. The molecule has 0 aliphatic heterocycles. The van der Waals surface area contributed by atoms with Crippen molar-refractivity contribution in [2.24, 2.45) is 0 Å². The lowest BCUT2D eigenvalue weighted by molar-refractivity contribution is -0.137. The van der Waals surface area contributed by atoms with Crippen molar-refractivity contribution in [2.75, 3.05) is 11.6 Å². The number of amides is 1. The molecule has 0 bridgehead atoms. The largest absolute Gasteiger partial charge is 0.416 e. The number of thiazole rings is 1. The first-order chi connectivity index (χ1) is 13.0. The monoisotopic (exact) mass is 426 g/mol. The molecule has 2 aromatic carbocycles. The van der Waals surface area contributed by atoms with Crippen LogP contribution in [0.3, 0.4) is 0 Å². The molecule has 28 heavy (non-hydrogen) atoms. The molecule has 0 saturated heterocycles. The zero-order valence-corrected chi connectivity index (χ0v) is 16.0. The number of alkyl halides is 3. The summed E-state index contributed by atoms with van der Waals surface area (Å²) in [5.41, 5.74) is -0.0514. The van der Waals surface area contributed by atoms with Gasteiger partial charge in [-0.1, -0.05) is 23.5 Å². The molecule has 1 aromatic heterocycles. The molecule has 0 radical (unpaired) electrons. The number of hydrogen-bond donors (Lipinski definition) is 1. The minimum atomic E-state index is -4.46. The van der Waals surface area contributed by atoms with Gasteiger partial charge in [0.2, 0.25) is 5.91 Å². The Kier molecular flexibility index (Phi) is 5.26. The van der Waals surface area contributed by atoms with Crippen LogP contribution in [0, 0.1) is 0 Å². The fourth-order valence-corrected chi connectivity index (χ4v) is 3.96. The van der Waals surface area contributed by atoms with Gasteiger partial charge in [0.15, 0.2) is 15.0 Å². The molecule has 0 aliphatic carbocycles. The number of carbonyl (C=O) groups excluding carboxylic acids is 1. The fourth-order valence-electron chi connectivity index (χ4n) is 2.33. The molecule has 0 aliphatic rings. The number of nitrogens with one attached hydrogen (secondary N) is 1. The first-order valence-corrected chi connectivity index (χ1v) is 10.5. The Morgan fingerprint density at radius 3 is 2.61 bits per heavy atom. The summed E-state index contributed by atoms with van der Waals surface area (Å²) in [5, 5.41) is 2.76. The van der Waals surface area contributed by atoms with Gasteiger partial charge in [-0.05, 0) is 42.0 Å².